The Balaban J connectivity index is 5.34. The number of alkyl halides is 6. The molecule has 0 radical (unpaired) electrons. The van der Waals surface area contributed by atoms with Gasteiger partial charge in [0, 0.05) is 5.57 Å². The van der Waals surface area contributed by atoms with E-state index < -0.39 is 36.4 Å². The van der Waals surface area contributed by atoms with Crippen molar-refractivity contribution in [1.29, 1.82) is 0 Å². The lowest BCUT2D eigenvalue weighted by Crippen LogP contribution is -2.65. The second-order valence-corrected chi connectivity index (χ2v) is 3.94. The van der Waals surface area contributed by atoms with Gasteiger partial charge < -0.3 is 9.84 Å². The third kappa shape index (κ3) is 3.20. The Morgan fingerprint density at radius 3 is 2.00 bits per heavy atom. The lowest BCUT2D eigenvalue weighted by atomic mass is 9.92. The second-order valence-electron chi connectivity index (χ2n) is 3.94. The van der Waals surface area contributed by atoms with Gasteiger partial charge in [0.25, 0.3) is 5.60 Å². The minimum Gasteiger partial charge on any atom is -0.453 e. The van der Waals surface area contributed by atoms with Crippen molar-refractivity contribution >= 4 is 5.97 Å². The maximum absolute atomic E-state index is 13.5. The van der Waals surface area contributed by atoms with Crippen molar-refractivity contribution in [3.05, 3.63) is 12.2 Å². The van der Waals surface area contributed by atoms with Crippen LogP contribution in [0, 0.1) is 0 Å². The van der Waals surface area contributed by atoms with Crippen molar-refractivity contribution in [2.45, 2.75) is 37.7 Å². The van der Waals surface area contributed by atoms with Crippen LogP contribution in [0.15, 0.2) is 12.2 Å². The summed E-state index contributed by atoms with van der Waals surface area (Å²) >= 11 is 0. The van der Waals surface area contributed by atoms with E-state index in [0.29, 0.717) is 6.92 Å². The number of hydrogen-bond acceptors (Lipinski definition) is 3. The summed E-state index contributed by atoms with van der Waals surface area (Å²) in [6.07, 6.45) is -8.63. The van der Waals surface area contributed by atoms with Gasteiger partial charge in [-0.1, -0.05) is 6.58 Å². The molecular formula is C10H12F6O3. The highest BCUT2D eigenvalue weighted by Crippen LogP contribution is 2.45. The molecule has 0 amide bonds. The summed E-state index contributed by atoms with van der Waals surface area (Å²) in [6, 6.07) is 0. The molecule has 0 aromatic carbocycles. The fourth-order valence-electron chi connectivity index (χ4n) is 1.03. The molecule has 0 aliphatic carbocycles. The Morgan fingerprint density at radius 1 is 1.32 bits per heavy atom. The molecule has 1 N–H and O–H groups in total. The predicted molar refractivity (Wildman–Crippen MR) is 52.3 cm³/mol. The fourth-order valence-corrected chi connectivity index (χ4v) is 1.03. The van der Waals surface area contributed by atoms with E-state index in [2.05, 4.69) is 11.3 Å². The predicted octanol–water partition coefficient (Wildman–Crippen LogP) is 2.39. The zero-order chi connectivity index (χ0) is 15.6. The highest BCUT2D eigenvalue weighted by Gasteiger charge is 2.72. The number of rotatable bonds is 5. The van der Waals surface area contributed by atoms with Gasteiger partial charge >= 0.3 is 18.1 Å². The highest BCUT2D eigenvalue weighted by molar-refractivity contribution is 5.87. The molecule has 19 heavy (non-hydrogen) atoms. The summed E-state index contributed by atoms with van der Waals surface area (Å²) in [6.45, 7) is 1.76. The molecule has 0 heterocycles. The zero-order valence-corrected chi connectivity index (χ0v) is 10.0. The van der Waals surface area contributed by atoms with Crippen LogP contribution < -0.4 is 0 Å². The van der Waals surface area contributed by atoms with Gasteiger partial charge in [-0.05, 0) is 13.8 Å². The lowest BCUT2D eigenvalue weighted by Gasteiger charge is -2.37. The number of halogens is 6. The largest absolute Gasteiger partial charge is 0.453 e. The van der Waals surface area contributed by atoms with Crippen LogP contribution in [0.5, 0.6) is 0 Å². The summed E-state index contributed by atoms with van der Waals surface area (Å²) in [5, 5.41) is 8.84. The van der Waals surface area contributed by atoms with Gasteiger partial charge in [0.15, 0.2) is 6.10 Å². The van der Waals surface area contributed by atoms with E-state index in [-0.39, 0.29) is 5.57 Å². The van der Waals surface area contributed by atoms with Crippen LogP contribution in [0.3, 0.4) is 0 Å². The number of carbonyl (C=O) groups excluding carboxylic acids is 1. The van der Waals surface area contributed by atoms with Crippen LogP contribution in [0.1, 0.15) is 13.8 Å². The van der Waals surface area contributed by atoms with E-state index in [4.69, 9.17) is 5.11 Å². The molecule has 3 nitrogen and oxygen atoms in total. The van der Waals surface area contributed by atoms with E-state index in [1.807, 2.05) is 0 Å². The smallest absolute Gasteiger partial charge is 0.426 e. The lowest BCUT2D eigenvalue weighted by molar-refractivity contribution is -0.351. The number of hydrogen-bond donors (Lipinski definition) is 1. The fraction of sp³-hybridized carbons (Fsp3) is 0.700. The summed E-state index contributed by atoms with van der Waals surface area (Å²) < 4.78 is 80.2. The average Bonchev–Trinajstić information content (AvgIpc) is 2.25. The molecular weight excluding hydrogens is 282 g/mol. The first-order chi connectivity index (χ1) is 8.31. The van der Waals surface area contributed by atoms with Crippen LogP contribution in [0.2, 0.25) is 0 Å². The highest BCUT2D eigenvalue weighted by atomic mass is 19.4. The molecule has 0 aromatic rings. The van der Waals surface area contributed by atoms with Gasteiger partial charge in [-0.25, -0.2) is 9.18 Å². The minimum atomic E-state index is -5.94. The van der Waals surface area contributed by atoms with E-state index in [1.165, 1.54) is 0 Å². The average molecular weight is 294 g/mol. The molecule has 0 fully saturated rings. The maximum atomic E-state index is 13.5. The molecule has 0 bridgehead atoms. The molecule has 0 aromatic heterocycles. The quantitative estimate of drug-likeness (QED) is 0.481. The first-order valence-corrected chi connectivity index (χ1v) is 4.90. The van der Waals surface area contributed by atoms with Gasteiger partial charge in [-0.15, -0.1) is 0 Å². The third-order valence-corrected chi connectivity index (χ3v) is 2.36. The molecule has 0 saturated carbocycles. The number of ether oxygens (including phenoxy) is 1. The Morgan fingerprint density at radius 2 is 1.74 bits per heavy atom. The van der Waals surface area contributed by atoms with Crippen molar-refractivity contribution < 1.29 is 41.0 Å². The zero-order valence-electron chi connectivity index (χ0n) is 10.0. The van der Waals surface area contributed by atoms with E-state index in [1.54, 1.807) is 0 Å². The first kappa shape index (κ1) is 17.8. The monoisotopic (exact) mass is 294 g/mol. The molecule has 0 saturated heterocycles. The van der Waals surface area contributed by atoms with Crippen molar-refractivity contribution in [2.24, 2.45) is 0 Å². The van der Waals surface area contributed by atoms with Gasteiger partial charge in [-0.2, -0.15) is 22.0 Å². The molecule has 112 valence electrons. The SMILES string of the molecule is C=C(C)C(=O)OC(C)C(F)(F)C(O)(CF)C(F)(F)F. The van der Waals surface area contributed by atoms with Crippen molar-refractivity contribution in [1.82, 2.24) is 0 Å². The van der Waals surface area contributed by atoms with Crippen LogP contribution in [-0.4, -0.2) is 41.6 Å². The van der Waals surface area contributed by atoms with Gasteiger partial charge in [0.05, 0.1) is 0 Å². The summed E-state index contributed by atoms with van der Waals surface area (Å²) in [4.78, 5) is 11.0. The molecule has 2 atom stereocenters. The van der Waals surface area contributed by atoms with Crippen molar-refractivity contribution in [3.63, 3.8) is 0 Å². The molecule has 2 unspecified atom stereocenters. The standard InChI is InChI=1S/C10H12F6O3/c1-5(2)7(17)19-6(3)9(12,13)8(18,4-11)10(14,15)16/h6,18H,1,4H2,2-3H3. The normalized spacial score (nSPS) is 17.5. The molecule has 0 spiro atoms. The molecule has 9 heteroatoms. The molecule has 0 aliphatic heterocycles. The number of carbonyl (C=O) groups is 1. The summed E-state index contributed by atoms with van der Waals surface area (Å²) in [5.41, 5.74) is -5.27. The van der Waals surface area contributed by atoms with Gasteiger partial charge in [0.1, 0.15) is 6.67 Å². The van der Waals surface area contributed by atoms with Crippen LogP contribution in [-0.2, 0) is 9.53 Å². The molecule has 0 rings (SSSR count). The van der Waals surface area contributed by atoms with Crippen molar-refractivity contribution in [3.8, 4) is 0 Å². The van der Waals surface area contributed by atoms with Gasteiger partial charge in [-0.3, -0.25) is 0 Å². The number of aliphatic hydroxyl groups is 1. The van der Waals surface area contributed by atoms with E-state index in [9.17, 15) is 31.1 Å². The van der Waals surface area contributed by atoms with E-state index >= 15 is 0 Å². The Kier molecular flexibility index (Phi) is 5.04. The van der Waals surface area contributed by atoms with Gasteiger partial charge in [0.2, 0.25) is 0 Å². The van der Waals surface area contributed by atoms with Crippen LogP contribution in [0.4, 0.5) is 26.3 Å². The second kappa shape index (κ2) is 5.40. The summed E-state index contributed by atoms with van der Waals surface area (Å²) in [7, 11) is 0. The third-order valence-electron chi connectivity index (χ3n) is 2.36. The van der Waals surface area contributed by atoms with Crippen molar-refractivity contribution in [2.75, 3.05) is 6.67 Å². The van der Waals surface area contributed by atoms with E-state index in [0.717, 1.165) is 6.92 Å². The van der Waals surface area contributed by atoms with Crippen LogP contribution in [0.25, 0.3) is 0 Å². The Bertz CT molecular complexity index is 365. The Labute approximate surface area is 104 Å². The maximum Gasteiger partial charge on any atom is 0.426 e. The minimum absolute atomic E-state index is 0.335. The molecule has 0 aliphatic rings. The number of esters is 1. The first-order valence-electron chi connectivity index (χ1n) is 4.90. The summed E-state index contributed by atoms with van der Waals surface area (Å²) in [5.74, 6) is -6.44. The van der Waals surface area contributed by atoms with Crippen LogP contribution >= 0.6 is 0 Å². The topological polar surface area (TPSA) is 46.5 Å². The Hall–Kier alpha value is -1.25.